The third-order valence-corrected chi connectivity index (χ3v) is 6.76. The molecule has 0 radical (unpaired) electrons. The van der Waals surface area contributed by atoms with Gasteiger partial charge >= 0.3 is 0 Å². The summed E-state index contributed by atoms with van der Waals surface area (Å²) in [6, 6.07) is 12.0. The molecule has 0 N–H and O–H groups in total. The number of ether oxygens (including phenoxy) is 1. The Kier molecular flexibility index (Phi) is 7.54. The fourth-order valence-corrected chi connectivity index (χ4v) is 5.05. The van der Waals surface area contributed by atoms with Crippen molar-refractivity contribution in [1.82, 2.24) is 9.80 Å². The van der Waals surface area contributed by atoms with Gasteiger partial charge in [-0.15, -0.1) is 0 Å². The van der Waals surface area contributed by atoms with Gasteiger partial charge in [0.05, 0.1) is 6.04 Å². The summed E-state index contributed by atoms with van der Waals surface area (Å²) in [5, 5.41) is 0. The molecule has 2 heterocycles. The van der Waals surface area contributed by atoms with Crippen molar-refractivity contribution < 1.29 is 18.7 Å². The zero-order valence-electron chi connectivity index (χ0n) is 20.4. The van der Waals surface area contributed by atoms with Crippen LogP contribution in [0.2, 0.25) is 0 Å². The highest BCUT2D eigenvalue weighted by atomic mass is 19.1. The van der Waals surface area contributed by atoms with Crippen LogP contribution in [0.4, 0.5) is 4.39 Å². The van der Waals surface area contributed by atoms with Crippen LogP contribution in [-0.4, -0.2) is 47.4 Å². The third kappa shape index (κ3) is 5.26. The first-order valence-corrected chi connectivity index (χ1v) is 12.5. The largest absolute Gasteiger partial charge is 0.481 e. The highest BCUT2D eigenvalue weighted by Crippen LogP contribution is 2.38. The molecule has 0 spiro atoms. The van der Waals surface area contributed by atoms with Crippen LogP contribution in [0.1, 0.15) is 69.2 Å². The van der Waals surface area contributed by atoms with Gasteiger partial charge in [-0.25, -0.2) is 4.39 Å². The lowest BCUT2D eigenvalue weighted by atomic mass is 9.87. The number of likely N-dealkylation sites (tertiary alicyclic amines) is 1. The van der Waals surface area contributed by atoms with Gasteiger partial charge in [-0.05, 0) is 72.6 Å². The lowest BCUT2D eigenvalue weighted by Crippen LogP contribution is -2.41. The van der Waals surface area contributed by atoms with Gasteiger partial charge in [0.25, 0.3) is 5.91 Å². The molecule has 34 heavy (non-hydrogen) atoms. The maximum atomic E-state index is 14.2. The van der Waals surface area contributed by atoms with Crippen LogP contribution in [0.15, 0.2) is 42.5 Å². The lowest BCUT2D eigenvalue weighted by molar-refractivity contribution is -0.137. The number of carbonyl (C=O) groups excluding carboxylic acids is 2. The first kappa shape index (κ1) is 24.2. The minimum atomic E-state index is -0.536. The van der Waals surface area contributed by atoms with Crippen molar-refractivity contribution in [2.75, 3.05) is 19.6 Å². The smallest absolute Gasteiger partial charge is 0.263 e. The normalized spacial score (nSPS) is 18.7. The highest BCUT2D eigenvalue weighted by molar-refractivity contribution is 5.81. The highest BCUT2D eigenvalue weighted by Gasteiger charge is 2.33. The number of fused-ring (bicyclic) bond motifs is 1. The van der Waals surface area contributed by atoms with E-state index in [9.17, 15) is 14.0 Å². The number of hydrogen-bond acceptors (Lipinski definition) is 3. The van der Waals surface area contributed by atoms with Crippen molar-refractivity contribution in [1.29, 1.82) is 0 Å². The van der Waals surface area contributed by atoms with Crippen LogP contribution < -0.4 is 4.74 Å². The van der Waals surface area contributed by atoms with E-state index in [1.165, 1.54) is 12.1 Å². The molecule has 2 atom stereocenters. The van der Waals surface area contributed by atoms with Crippen molar-refractivity contribution in [3.05, 3.63) is 65.0 Å². The standard InChI is InChI=1S/C28H35FN2O3/c1-4-25(28(33)30-13-5-6-14-30)34-23-11-10-20-12-15-31(26(32)16-19(2)3)27(24(20)18-23)21-8-7-9-22(29)17-21/h7-11,17-19,25,27H,4-6,12-16H2,1-3H3/t25-,27-/m1/s1. The molecule has 0 unspecified atom stereocenters. The Morgan fingerprint density at radius 2 is 1.85 bits per heavy atom. The molecule has 0 aromatic heterocycles. The molecule has 0 saturated carbocycles. The van der Waals surface area contributed by atoms with E-state index in [1.54, 1.807) is 6.07 Å². The molecule has 182 valence electrons. The zero-order chi connectivity index (χ0) is 24.2. The number of halogens is 1. The van der Waals surface area contributed by atoms with Gasteiger partial charge in [0.1, 0.15) is 11.6 Å². The molecule has 4 rings (SSSR count). The molecule has 2 aliphatic heterocycles. The predicted molar refractivity (Wildman–Crippen MR) is 130 cm³/mol. The second-order valence-electron chi connectivity index (χ2n) is 9.80. The first-order chi connectivity index (χ1) is 16.4. The molecule has 0 bridgehead atoms. The van der Waals surface area contributed by atoms with Crippen molar-refractivity contribution in [2.45, 2.75) is 65.0 Å². The molecule has 2 aliphatic rings. The summed E-state index contributed by atoms with van der Waals surface area (Å²) in [6.45, 7) is 8.18. The fourth-order valence-electron chi connectivity index (χ4n) is 5.05. The molecule has 2 amide bonds. The number of rotatable bonds is 7. The van der Waals surface area contributed by atoms with Crippen molar-refractivity contribution in [2.24, 2.45) is 5.92 Å². The van der Waals surface area contributed by atoms with Crippen LogP contribution in [0, 0.1) is 11.7 Å². The second-order valence-corrected chi connectivity index (χ2v) is 9.80. The van der Waals surface area contributed by atoms with Gasteiger partial charge in [-0.2, -0.15) is 0 Å². The van der Waals surface area contributed by atoms with Gasteiger partial charge in [-0.1, -0.05) is 39.0 Å². The quantitative estimate of drug-likeness (QED) is 0.569. The molecule has 0 aliphatic carbocycles. The number of benzene rings is 2. The Labute approximate surface area is 201 Å². The van der Waals surface area contributed by atoms with Crippen LogP contribution in [0.5, 0.6) is 5.75 Å². The SMILES string of the molecule is CC[C@@H](Oc1ccc2c(c1)[C@@H](c1cccc(F)c1)N(C(=O)CC(C)C)CC2)C(=O)N1CCCC1. The summed E-state index contributed by atoms with van der Waals surface area (Å²) in [6.07, 6.45) is 3.30. The van der Waals surface area contributed by atoms with Crippen LogP contribution >= 0.6 is 0 Å². The monoisotopic (exact) mass is 466 g/mol. The summed E-state index contributed by atoms with van der Waals surface area (Å²) in [7, 11) is 0. The Hall–Kier alpha value is -2.89. The van der Waals surface area contributed by atoms with Gasteiger partial charge in [0, 0.05) is 26.1 Å². The third-order valence-electron chi connectivity index (χ3n) is 6.76. The molecule has 2 aromatic carbocycles. The summed E-state index contributed by atoms with van der Waals surface area (Å²) in [5.74, 6) is 0.622. The summed E-state index contributed by atoms with van der Waals surface area (Å²) < 4.78 is 20.4. The van der Waals surface area contributed by atoms with Gasteiger partial charge in [0.15, 0.2) is 6.10 Å². The number of hydrogen-bond donors (Lipinski definition) is 0. The summed E-state index contributed by atoms with van der Waals surface area (Å²) in [5.41, 5.74) is 2.81. The van der Waals surface area contributed by atoms with Crippen LogP contribution in [0.3, 0.4) is 0 Å². The molecule has 1 fully saturated rings. The van der Waals surface area contributed by atoms with Crippen LogP contribution in [0.25, 0.3) is 0 Å². The number of nitrogens with zero attached hydrogens (tertiary/aromatic N) is 2. The zero-order valence-corrected chi connectivity index (χ0v) is 20.4. The maximum absolute atomic E-state index is 14.2. The molecular weight excluding hydrogens is 431 g/mol. The van der Waals surface area contributed by atoms with E-state index in [2.05, 4.69) is 0 Å². The topological polar surface area (TPSA) is 49.9 Å². The predicted octanol–water partition coefficient (Wildman–Crippen LogP) is 5.13. The minimum absolute atomic E-state index is 0.0353. The second kappa shape index (κ2) is 10.6. The van der Waals surface area contributed by atoms with E-state index in [0.29, 0.717) is 25.1 Å². The van der Waals surface area contributed by atoms with Gasteiger partial charge < -0.3 is 14.5 Å². The van der Waals surface area contributed by atoms with Crippen LogP contribution in [-0.2, 0) is 16.0 Å². The Balaban J connectivity index is 1.67. The number of amides is 2. The average molecular weight is 467 g/mol. The minimum Gasteiger partial charge on any atom is -0.481 e. The Morgan fingerprint density at radius 3 is 2.53 bits per heavy atom. The van der Waals surface area contributed by atoms with E-state index in [4.69, 9.17) is 4.74 Å². The van der Waals surface area contributed by atoms with E-state index in [1.807, 2.05) is 54.8 Å². The van der Waals surface area contributed by atoms with E-state index in [-0.39, 0.29) is 29.6 Å². The Morgan fingerprint density at radius 1 is 1.09 bits per heavy atom. The molecular formula is C28H35FN2O3. The van der Waals surface area contributed by atoms with E-state index >= 15 is 0 Å². The van der Waals surface area contributed by atoms with Crippen molar-refractivity contribution in [3.8, 4) is 5.75 Å². The van der Waals surface area contributed by atoms with Gasteiger partial charge in [0.2, 0.25) is 5.91 Å². The molecule has 2 aromatic rings. The molecule has 6 heteroatoms. The number of carbonyl (C=O) groups is 2. The maximum Gasteiger partial charge on any atom is 0.263 e. The van der Waals surface area contributed by atoms with E-state index in [0.717, 1.165) is 49.0 Å². The van der Waals surface area contributed by atoms with Gasteiger partial charge in [-0.3, -0.25) is 9.59 Å². The summed E-state index contributed by atoms with van der Waals surface area (Å²) in [4.78, 5) is 29.9. The first-order valence-electron chi connectivity index (χ1n) is 12.5. The van der Waals surface area contributed by atoms with Crippen molar-refractivity contribution >= 4 is 11.8 Å². The summed E-state index contributed by atoms with van der Waals surface area (Å²) >= 11 is 0. The fraction of sp³-hybridized carbons (Fsp3) is 0.500. The van der Waals surface area contributed by atoms with E-state index < -0.39 is 6.10 Å². The van der Waals surface area contributed by atoms with Crippen molar-refractivity contribution in [3.63, 3.8) is 0 Å². The average Bonchev–Trinajstić information content (AvgIpc) is 3.36. The molecule has 5 nitrogen and oxygen atoms in total. The molecule has 1 saturated heterocycles. The Bertz CT molecular complexity index is 1030. The lowest BCUT2D eigenvalue weighted by Gasteiger charge is -2.38.